The van der Waals surface area contributed by atoms with E-state index < -0.39 is 0 Å². The van der Waals surface area contributed by atoms with Gasteiger partial charge in [0.1, 0.15) is 28.7 Å². The number of benzene rings is 4. The third-order valence-corrected chi connectivity index (χ3v) is 6.95. The fraction of sp³-hybridized carbons (Fsp3) is 0.143. The second-order valence-corrected chi connectivity index (χ2v) is 9.74. The Morgan fingerprint density at radius 2 is 0.870 bits per heavy atom. The summed E-state index contributed by atoms with van der Waals surface area (Å²) in [7, 11) is 7.93. The van der Waals surface area contributed by atoms with Crippen LogP contribution in [0.3, 0.4) is 0 Å². The summed E-state index contributed by atoms with van der Waals surface area (Å²) in [5.41, 5.74) is 14.3. The maximum Gasteiger partial charge on any atom is 0.162 e. The van der Waals surface area contributed by atoms with E-state index in [2.05, 4.69) is 9.97 Å². The first kappa shape index (κ1) is 31.3. The van der Waals surface area contributed by atoms with Crippen LogP contribution in [-0.4, -0.2) is 45.5 Å². The number of hydrogen-bond donors (Lipinski definition) is 2. The summed E-state index contributed by atoms with van der Waals surface area (Å²) >= 11 is 0. The summed E-state index contributed by atoms with van der Waals surface area (Å²) in [6.07, 6.45) is 3.37. The van der Waals surface area contributed by atoms with E-state index in [1.54, 1.807) is 84.3 Å². The average Bonchev–Trinajstić information content (AvgIpc) is 3.09. The van der Waals surface area contributed by atoms with E-state index >= 15 is 0 Å². The molecule has 236 valence electrons. The van der Waals surface area contributed by atoms with Crippen LogP contribution < -0.4 is 44.6 Å². The van der Waals surface area contributed by atoms with Crippen molar-refractivity contribution in [3.8, 4) is 51.7 Å². The van der Waals surface area contributed by atoms with Crippen LogP contribution in [0.15, 0.2) is 91.3 Å². The number of anilines is 2. The quantitative estimate of drug-likeness (QED) is 0.157. The third-order valence-electron chi connectivity index (χ3n) is 6.95. The predicted molar refractivity (Wildman–Crippen MR) is 178 cm³/mol. The molecule has 0 fully saturated rings. The molecule has 2 heterocycles. The topological polar surface area (TPSA) is 142 Å². The number of methoxy groups -OCH3 is 5. The minimum Gasteiger partial charge on any atom is -0.494 e. The number of aromatic nitrogens is 2. The van der Waals surface area contributed by atoms with Gasteiger partial charge in [0.15, 0.2) is 23.0 Å². The van der Waals surface area contributed by atoms with Crippen molar-refractivity contribution >= 4 is 33.2 Å². The molecule has 0 aliphatic rings. The number of nitrogens with zero attached hydrogens (tertiary/aromatic N) is 2. The molecule has 4 N–H and O–H groups in total. The Bertz CT molecular complexity index is 1970. The van der Waals surface area contributed by atoms with Crippen molar-refractivity contribution in [3.63, 3.8) is 0 Å². The second-order valence-electron chi connectivity index (χ2n) is 9.74. The molecule has 0 aliphatic heterocycles. The molecule has 6 rings (SSSR count). The molecule has 0 aliphatic carbocycles. The number of pyridine rings is 2. The predicted octanol–water partition coefficient (Wildman–Crippen LogP) is 7.26. The maximum atomic E-state index is 5.99. The van der Waals surface area contributed by atoms with Gasteiger partial charge in [-0.2, -0.15) is 0 Å². The van der Waals surface area contributed by atoms with Gasteiger partial charge in [-0.1, -0.05) is 0 Å². The molecule has 6 aromatic rings. The number of fused-ring (bicyclic) bond motifs is 2. The molecular weight excluding hydrogens is 588 g/mol. The smallest absolute Gasteiger partial charge is 0.162 e. The van der Waals surface area contributed by atoms with Gasteiger partial charge in [0.25, 0.3) is 0 Å². The molecule has 0 saturated carbocycles. The van der Waals surface area contributed by atoms with Crippen LogP contribution in [-0.2, 0) is 0 Å². The van der Waals surface area contributed by atoms with Gasteiger partial charge in [0, 0.05) is 47.1 Å². The lowest BCUT2D eigenvalue weighted by Crippen LogP contribution is -1.95. The molecule has 11 heteroatoms. The Hall–Kier alpha value is -6.10. The van der Waals surface area contributed by atoms with E-state index in [4.69, 9.17) is 44.6 Å². The highest BCUT2D eigenvalue weighted by Crippen LogP contribution is 2.39. The van der Waals surface area contributed by atoms with Gasteiger partial charge in [-0.05, 0) is 60.7 Å². The SMILES string of the molecule is COc1cc(Oc2ccnc3cc(OC)c(OC)cc23)ccc1N.COc1cc2nccc(Oc3ccc(N)cc3)c2cc1OC. The Morgan fingerprint density at radius 1 is 0.435 bits per heavy atom. The Labute approximate surface area is 266 Å². The number of ether oxygens (including phenoxy) is 7. The van der Waals surface area contributed by atoms with Crippen LogP contribution in [0.2, 0.25) is 0 Å². The van der Waals surface area contributed by atoms with E-state index in [0.717, 1.165) is 21.8 Å². The Balaban J connectivity index is 0.000000182. The summed E-state index contributed by atoms with van der Waals surface area (Å²) in [5, 5.41) is 1.66. The van der Waals surface area contributed by atoms with E-state index in [1.807, 2.05) is 42.5 Å². The van der Waals surface area contributed by atoms with Crippen LogP contribution >= 0.6 is 0 Å². The van der Waals surface area contributed by atoms with Gasteiger partial charge in [0.2, 0.25) is 0 Å². The van der Waals surface area contributed by atoms with E-state index in [0.29, 0.717) is 63.1 Å². The van der Waals surface area contributed by atoms with Gasteiger partial charge in [0.05, 0.1) is 52.3 Å². The zero-order valence-corrected chi connectivity index (χ0v) is 26.1. The molecule has 0 amide bonds. The average molecular weight is 623 g/mol. The molecule has 0 unspecified atom stereocenters. The molecule has 4 aromatic carbocycles. The van der Waals surface area contributed by atoms with Crippen molar-refractivity contribution in [3.05, 3.63) is 91.3 Å². The van der Waals surface area contributed by atoms with Crippen LogP contribution in [0.4, 0.5) is 11.4 Å². The highest BCUT2D eigenvalue weighted by atomic mass is 16.5. The summed E-state index contributed by atoms with van der Waals surface area (Å²) in [5.74, 6) is 5.70. The van der Waals surface area contributed by atoms with Gasteiger partial charge < -0.3 is 44.6 Å². The monoisotopic (exact) mass is 622 g/mol. The molecule has 11 nitrogen and oxygen atoms in total. The van der Waals surface area contributed by atoms with E-state index in [-0.39, 0.29) is 0 Å². The minimum atomic E-state index is 0.552. The third kappa shape index (κ3) is 6.83. The van der Waals surface area contributed by atoms with Crippen LogP contribution in [0.25, 0.3) is 21.8 Å². The number of hydrogen-bond acceptors (Lipinski definition) is 11. The van der Waals surface area contributed by atoms with Crippen molar-refractivity contribution in [2.75, 3.05) is 47.0 Å². The molecule has 0 saturated heterocycles. The summed E-state index contributed by atoms with van der Waals surface area (Å²) in [6.45, 7) is 0. The lowest BCUT2D eigenvalue weighted by Gasteiger charge is -2.13. The van der Waals surface area contributed by atoms with Gasteiger partial charge in [-0.15, -0.1) is 0 Å². The fourth-order valence-electron chi connectivity index (χ4n) is 4.62. The van der Waals surface area contributed by atoms with E-state index in [1.165, 1.54) is 0 Å². The Kier molecular flexibility index (Phi) is 9.62. The van der Waals surface area contributed by atoms with Crippen molar-refractivity contribution in [2.24, 2.45) is 0 Å². The van der Waals surface area contributed by atoms with Crippen molar-refractivity contribution in [1.82, 2.24) is 9.97 Å². The summed E-state index contributed by atoms with van der Waals surface area (Å²) in [4.78, 5) is 8.70. The first-order valence-electron chi connectivity index (χ1n) is 14.0. The van der Waals surface area contributed by atoms with Crippen molar-refractivity contribution in [2.45, 2.75) is 0 Å². The zero-order valence-electron chi connectivity index (χ0n) is 26.1. The summed E-state index contributed by atoms with van der Waals surface area (Å²) in [6, 6.07) is 23.4. The van der Waals surface area contributed by atoms with Gasteiger partial charge >= 0.3 is 0 Å². The highest BCUT2D eigenvalue weighted by Gasteiger charge is 2.13. The molecule has 2 aromatic heterocycles. The second kappa shape index (κ2) is 14.1. The maximum absolute atomic E-state index is 5.99. The van der Waals surface area contributed by atoms with Crippen molar-refractivity contribution in [1.29, 1.82) is 0 Å². The minimum absolute atomic E-state index is 0.552. The van der Waals surface area contributed by atoms with Crippen LogP contribution in [0.1, 0.15) is 0 Å². The summed E-state index contributed by atoms with van der Waals surface area (Å²) < 4.78 is 38.4. The lowest BCUT2D eigenvalue weighted by atomic mass is 10.2. The molecular formula is C35H34N4O7. The zero-order chi connectivity index (χ0) is 32.6. The fourth-order valence-corrected chi connectivity index (χ4v) is 4.62. The van der Waals surface area contributed by atoms with Crippen molar-refractivity contribution < 1.29 is 33.2 Å². The molecule has 46 heavy (non-hydrogen) atoms. The molecule has 0 atom stereocenters. The molecule has 0 radical (unpaired) electrons. The molecule has 0 bridgehead atoms. The largest absolute Gasteiger partial charge is 0.494 e. The van der Waals surface area contributed by atoms with Gasteiger partial charge in [-0.25, -0.2) is 0 Å². The van der Waals surface area contributed by atoms with E-state index in [9.17, 15) is 0 Å². The normalized spacial score (nSPS) is 10.5. The van der Waals surface area contributed by atoms with Gasteiger partial charge in [-0.3, -0.25) is 9.97 Å². The highest BCUT2D eigenvalue weighted by molar-refractivity contribution is 5.89. The standard InChI is InChI=1S/C18H18N2O4.C17H16N2O3/c1-21-16-8-11(4-5-13(16)19)24-15-6-7-20-14-10-18(23-3)17(22-2)9-12(14)15;1-20-16-9-13-14(10-17(16)21-2)19-8-7-15(13)22-12-5-3-11(18)4-6-12/h4-10H,19H2,1-3H3;3-10H,18H2,1-2H3. The lowest BCUT2D eigenvalue weighted by molar-refractivity contribution is 0.355. The molecule has 0 spiro atoms. The first-order chi connectivity index (χ1) is 22.4. The number of rotatable bonds is 9. The first-order valence-corrected chi connectivity index (χ1v) is 14.0. The van der Waals surface area contributed by atoms with Crippen LogP contribution in [0.5, 0.6) is 51.7 Å². The van der Waals surface area contributed by atoms with Crippen LogP contribution in [0, 0.1) is 0 Å². The number of nitrogen functional groups attached to an aromatic ring is 2. The Morgan fingerprint density at radius 3 is 1.35 bits per heavy atom. The number of nitrogens with two attached hydrogens (primary N) is 2.